The number of furan rings is 1. The van der Waals surface area contributed by atoms with Crippen molar-refractivity contribution in [1.29, 1.82) is 0 Å². The molecule has 4 aromatic rings. The molecule has 0 saturated carbocycles. The first-order chi connectivity index (χ1) is 19.5. The summed E-state index contributed by atoms with van der Waals surface area (Å²) in [5.74, 6) is 0. The number of benzene rings is 3. The Labute approximate surface area is 236 Å². The largest absolute Gasteiger partial charge is 0.464 e. The average molecular weight is 564 g/mol. The smallest absolute Gasteiger partial charge is 0.245 e. The van der Waals surface area contributed by atoms with Crippen molar-refractivity contribution in [3.05, 3.63) is 84.6 Å². The number of anilines is 1. The quantitative estimate of drug-likeness (QED) is 0.147. The van der Waals surface area contributed by atoms with Gasteiger partial charge in [-0.3, -0.25) is 0 Å². The molecule has 1 fully saturated rings. The van der Waals surface area contributed by atoms with E-state index < -0.39 is 10.0 Å². The summed E-state index contributed by atoms with van der Waals surface area (Å²) in [6.45, 7) is 3.20. The van der Waals surface area contributed by atoms with Crippen molar-refractivity contribution in [3.63, 3.8) is 0 Å². The standard InChI is InChI=1S/C31H37N3O5S/c1-37-19-20-38-23-34(40(35,36)31-12-5-3-10-29(31)24-7-6-8-26(32)21-24)27-14-17-33(18-15-27)16-13-25-22-39-30-11-4-2-9-28(25)30/h2-12,21-22,27H,13-20,23,32H2,1H3. The molecule has 0 bridgehead atoms. The molecule has 1 aliphatic heterocycles. The van der Waals surface area contributed by atoms with Crippen molar-refractivity contribution in [1.82, 2.24) is 9.21 Å². The Kier molecular flexibility index (Phi) is 9.18. The number of hydrogen-bond donors (Lipinski definition) is 1. The fraction of sp³-hybridized carbons (Fsp3) is 0.355. The molecule has 212 valence electrons. The van der Waals surface area contributed by atoms with Gasteiger partial charge in [-0.1, -0.05) is 48.5 Å². The minimum absolute atomic E-state index is 0.0252. The van der Waals surface area contributed by atoms with E-state index in [1.165, 1.54) is 9.87 Å². The molecule has 5 rings (SSSR count). The minimum Gasteiger partial charge on any atom is -0.464 e. The summed E-state index contributed by atoms with van der Waals surface area (Å²) in [7, 11) is -2.27. The van der Waals surface area contributed by atoms with Crippen LogP contribution < -0.4 is 5.73 Å². The molecule has 1 aliphatic rings. The summed E-state index contributed by atoms with van der Waals surface area (Å²) in [4.78, 5) is 2.65. The number of methoxy groups -OCH3 is 1. The summed E-state index contributed by atoms with van der Waals surface area (Å²) in [5, 5.41) is 1.15. The van der Waals surface area contributed by atoms with E-state index in [2.05, 4.69) is 11.0 Å². The van der Waals surface area contributed by atoms with Gasteiger partial charge in [0.1, 0.15) is 12.3 Å². The second-order valence-electron chi connectivity index (χ2n) is 10.1. The lowest BCUT2D eigenvalue weighted by molar-refractivity contribution is 0.0121. The van der Waals surface area contributed by atoms with Gasteiger partial charge in [0.2, 0.25) is 10.0 Å². The first kappa shape index (κ1) is 28.3. The van der Waals surface area contributed by atoms with Crippen LogP contribution in [-0.2, 0) is 25.9 Å². The monoisotopic (exact) mass is 563 g/mol. The zero-order chi connectivity index (χ0) is 28.0. The Hall–Kier alpha value is -3.21. The average Bonchev–Trinajstić information content (AvgIpc) is 3.39. The molecule has 0 amide bonds. The van der Waals surface area contributed by atoms with Gasteiger partial charge in [0.05, 0.1) is 24.4 Å². The van der Waals surface area contributed by atoms with Gasteiger partial charge in [0.15, 0.2) is 0 Å². The molecule has 3 aromatic carbocycles. The fourth-order valence-electron chi connectivity index (χ4n) is 5.37. The SMILES string of the molecule is COCCOCN(C1CCN(CCc2coc3ccccc23)CC1)S(=O)(=O)c1ccccc1-c1cccc(N)c1. The lowest BCUT2D eigenvalue weighted by Crippen LogP contribution is -2.48. The summed E-state index contributed by atoms with van der Waals surface area (Å²) >= 11 is 0. The number of nitrogens with two attached hydrogens (primary N) is 1. The van der Waals surface area contributed by atoms with Gasteiger partial charge in [0.25, 0.3) is 0 Å². The van der Waals surface area contributed by atoms with E-state index >= 15 is 0 Å². The maximum atomic E-state index is 14.2. The zero-order valence-electron chi connectivity index (χ0n) is 22.9. The minimum atomic E-state index is -3.87. The lowest BCUT2D eigenvalue weighted by Gasteiger charge is -2.37. The van der Waals surface area contributed by atoms with Crippen molar-refractivity contribution >= 4 is 26.7 Å². The Morgan fingerprint density at radius 1 is 1.00 bits per heavy atom. The highest BCUT2D eigenvalue weighted by Crippen LogP contribution is 2.33. The normalized spacial score (nSPS) is 15.2. The third-order valence-electron chi connectivity index (χ3n) is 7.54. The molecule has 2 heterocycles. The van der Waals surface area contributed by atoms with Crippen LogP contribution in [0.3, 0.4) is 0 Å². The molecule has 0 atom stereocenters. The van der Waals surface area contributed by atoms with E-state index in [4.69, 9.17) is 19.6 Å². The number of para-hydroxylation sites is 1. The summed E-state index contributed by atoms with van der Waals surface area (Å²) in [6, 6.07) is 22.3. The van der Waals surface area contributed by atoms with Crippen LogP contribution in [0.25, 0.3) is 22.1 Å². The molecule has 1 saturated heterocycles. The number of rotatable bonds is 12. The van der Waals surface area contributed by atoms with Gasteiger partial charge >= 0.3 is 0 Å². The summed E-state index contributed by atoms with van der Waals surface area (Å²) in [5.41, 5.74) is 10.1. The summed E-state index contributed by atoms with van der Waals surface area (Å²) < 4.78 is 46.6. The number of fused-ring (bicyclic) bond motifs is 1. The number of likely N-dealkylation sites (tertiary alicyclic amines) is 1. The highest BCUT2D eigenvalue weighted by atomic mass is 32.2. The Morgan fingerprint density at radius 2 is 1.77 bits per heavy atom. The Bertz CT molecular complexity index is 1510. The van der Waals surface area contributed by atoms with E-state index in [0.29, 0.717) is 24.5 Å². The van der Waals surface area contributed by atoms with E-state index in [-0.39, 0.29) is 17.7 Å². The molecule has 0 radical (unpaired) electrons. The van der Waals surface area contributed by atoms with Crippen LogP contribution in [-0.4, -0.2) is 70.4 Å². The second kappa shape index (κ2) is 13.0. The maximum absolute atomic E-state index is 14.2. The zero-order valence-corrected chi connectivity index (χ0v) is 23.7. The van der Waals surface area contributed by atoms with Crippen LogP contribution in [0.1, 0.15) is 18.4 Å². The molecule has 0 unspecified atom stereocenters. The van der Waals surface area contributed by atoms with Crippen molar-refractivity contribution in [2.75, 3.05) is 52.4 Å². The predicted molar refractivity (Wildman–Crippen MR) is 157 cm³/mol. The number of nitrogen functional groups attached to an aromatic ring is 1. The van der Waals surface area contributed by atoms with E-state index in [9.17, 15) is 8.42 Å². The van der Waals surface area contributed by atoms with Crippen LogP contribution in [0.2, 0.25) is 0 Å². The second-order valence-corrected chi connectivity index (χ2v) is 12.0. The maximum Gasteiger partial charge on any atom is 0.245 e. The third kappa shape index (κ3) is 6.40. The number of piperidine rings is 1. The van der Waals surface area contributed by atoms with Gasteiger partial charge in [0, 0.05) is 36.3 Å². The molecule has 0 aliphatic carbocycles. The van der Waals surface area contributed by atoms with Crippen LogP contribution in [0.5, 0.6) is 0 Å². The van der Waals surface area contributed by atoms with Crippen molar-refractivity contribution in [2.24, 2.45) is 0 Å². The third-order valence-corrected chi connectivity index (χ3v) is 9.48. The molecular formula is C31H37N3O5S. The molecule has 9 heteroatoms. The van der Waals surface area contributed by atoms with Crippen molar-refractivity contribution < 1.29 is 22.3 Å². The van der Waals surface area contributed by atoms with Crippen LogP contribution in [0.4, 0.5) is 5.69 Å². The lowest BCUT2D eigenvalue weighted by atomic mass is 10.0. The molecule has 0 spiro atoms. The molecule has 2 N–H and O–H groups in total. The molecule has 8 nitrogen and oxygen atoms in total. The van der Waals surface area contributed by atoms with Crippen molar-refractivity contribution in [2.45, 2.75) is 30.2 Å². The summed E-state index contributed by atoms with van der Waals surface area (Å²) in [6.07, 6.45) is 4.18. The number of hydrogen-bond acceptors (Lipinski definition) is 7. The van der Waals surface area contributed by atoms with Gasteiger partial charge in [-0.05, 0) is 67.7 Å². The van der Waals surface area contributed by atoms with Gasteiger partial charge < -0.3 is 24.5 Å². The Balaban J connectivity index is 1.31. The van der Waals surface area contributed by atoms with Crippen LogP contribution in [0.15, 0.2) is 88.4 Å². The number of ether oxygens (including phenoxy) is 2. The molecule has 40 heavy (non-hydrogen) atoms. The van der Waals surface area contributed by atoms with Gasteiger partial charge in [-0.2, -0.15) is 4.31 Å². The van der Waals surface area contributed by atoms with Crippen LogP contribution in [0, 0.1) is 0 Å². The molecular weight excluding hydrogens is 526 g/mol. The topological polar surface area (TPSA) is 98.2 Å². The highest BCUT2D eigenvalue weighted by Gasteiger charge is 2.35. The Morgan fingerprint density at radius 3 is 2.58 bits per heavy atom. The first-order valence-corrected chi connectivity index (χ1v) is 15.1. The predicted octanol–water partition coefficient (Wildman–Crippen LogP) is 5.00. The van der Waals surface area contributed by atoms with Crippen molar-refractivity contribution in [3.8, 4) is 11.1 Å². The number of nitrogens with zero attached hydrogens (tertiary/aromatic N) is 2. The van der Waals surface area contributed by atoms with E-state index in [1.54, 1.807) is 31.4 Å². The van der Waals surface area contributed by atoms with Crippen LogP contribution >= 0.6 is 0 Å². The van der Waals surface area contributed by atoms with E-state index in [1.807, 2.05) is 48.7 Å². The van der Waals surface area contributed by atoms with Gasteiger partial charge in [-0.25, -0.2) is 8.42 Å². The number of sulfonamides is 1. The highest BCUT2D eigenvalue weighted by molar-refractivity contribution is 7.89. The first-order valence-electron chi connectivity index (χ1n) is 13.7. The molecule has 1 aromatic heterocycles. The van der Waals surface area contributed by atoms with E-state index in [0.717, 1.165) is 55.4 Å². The van der Waals surface area contributed by atoms with Gasteiger partial charge in [-0.15, -0.1) is 0 Å². The fourth-order valence-corrected chi connectivity index (χ4v) is 7.15.